The van der Waals surface area contributed by atoms with Crippen molar-refractivity contribution in [1.82, 2.24) is 14.3 Å². The molecule has 1 aliphatic heterocycles. The average molecular weight is 530 g/mol. The Kier molecular flexibility index (Phi) is 7.98. The monoisotopic (exact) mass is 529 g/mol. The van der Waals surface area contributed by atoms with Crippen LogP contribution in [0.15, 0.2) is 42.7 Å². The zero-order chi connectivity index (χ0) is 27.6. The van der Waals surface area contributed by atoms with E-state index in [1.54, 1.807) is 48.1 Å². The molecule has 3 aromatic rings. The van der Waals surface area contributed by atoms with Crippen LogP contribution in [0.1, 0.15) is 40.2 Å². The summed E-state index contributed by atoms with van der Waals surface area (Å²) in [5, 5.41) is 18.0. The molecule has 4 rings (SSSR count). The smallest absolute Gasteiger partial charge is 0.248 e. The third-order valence-electron chi connectivity index (χ3n) is 6.14. The van der Waals surface area contributed by atoms with Crippen molar-refractivity contribution in [3.63, 3.8) is 0 Å². The summed E-state index contributed by atoms with van der Waals surface area (Å²) in [6.45, 7) is 8.65. The van der Waals surface area contributed by atoms with E-state index in [4.69, 9.17) is 14.2 Å². The minimum atomic E-state index is -0.747. The number of aromatic hydroxyl groups is 1. The van der Waals surface area contributed by atoms with Crippen molar-refractivity contribution in [2.24, 2.45) is 5.92 Å². The van der Waals surface area contributed by atoms with Crippen molar-refractivity contribution < 1.29 is 28.5 Å². The third kappa shape index (κ3) is 6.46. The van der Waals surface area contributed by atoms with E-state index in [9.17, 15) is 14.3 Å². The van der Waals surface area contributed by atoms with Gasteiger partial charge < -0.3 is 34.1 Å². The van der Waals surface area contributed by atoms with E-state index in [0.29, 0.717) is 31.1 Å². The van der Waals surface area contributed by atoms with Crippen LogP contribution in [0.5, 0.6) is 17.4 Å². The first-order chi connectivity index (χ1) is 17.9. The number of hydrogen-bond donors (Lipinski definition) is 2. The van der Waals surface area contributed by atoms with Gasteiger partial charge in [0.25, 0.3) is 0 Å². The number of carbonyl (C=O) groups is 1. The molecule has 1 aliphatic rings. The van der Waals surface area contributed by atoms with E-state index in [1.807, 2.05) is 27.7 Å². The SMILES string of the molecule is CC(C)C[C@@H](C(=O)Nc1ccn(C[C@@H]2COC(C)(C)O2)n1)n1cc(Oc2cccc(N(C)C)c2F)cc1O. The van der Waals surface area contributed by atoms with E-state index < -0.39 is 17.6 Å². The van der Waals surface area contributed by atoms with Crippen molar-refractivity contribution in [3.8, 4) is 17.4 Å². The molecule has 0 unspecified atom stereocenters. The summed E-state index contributed by atoms with van der Waals surface area (Å²) in [4.78, 5) is 15.0. The quantitative estimate of drug-likeness (QED) is 0.390. The lowest BCUT2D eigenvalue weighted by atomic mass is 10.0. The van der Waals surface area contributed by atoms with E-state index in [2.05, 4.69) is 10.4 Å². The van der Waals surface area contributed by atoms with Gasteiger partial charge in [0.15, 0.2) is 29.1 Å². The lowest BCUT2D eigenvalue weighted by Crippen LogP contribution is -2.27. The molecule has 1 fully saturated rings. The fourth-order valence-corrected chi connectivity index (χ4v) is 4.39. The zero-order valence-electron chi connectivity index (χ0n) is 22.6. The van der Waals surface area contributed by atoms with Crippen LogP contribution in [0, 0.1) is 11.7 Å². The molecular formula is C27H36FN5O5. The highest BCUT2D eigenvalue weighted by Crippen LogP contribution is 2.35. The van der Waals surface area contributed by atoms with Gasteiger partial charge in [0.05, 0.1) is 25.0 Å². The van der Waals surface area contributed by atoms with Gasteiger partial charge in [-0.15, -0.1) is 0 Å². The minimum Gasteiger partial charge on any atom is -0.494 e. The zero-order valence-corrected chi connectivity index (χ0v) is 22.6. The van der Waals surface area contributed by atoms with Crippen LogP contribution in [0.25, 0.3) is 0 Å². The van der Waals surface area contributed by atoms with E-state index >= 15 is 0 Å². The number of amides is 1. The molecule has 11 heteroatoms. The number of anilines is 2. The summed E-state index contributed by atoms with van der Waals surface area (Å²) < 4.78 is 35.2. The molecule has 2 atom stereocenters. The van der Waals surface area contributed by atoms with Crippen molar-refractivity contribution in [3.05, 3.63) is 48.5 Å². The maximum atomic E-state index is 14.9. The molecule has 38 heavy (non-hydrogen) atoms. The Morgan fingerprint density at radius 2 is 2.11 bits per heavy atom. The van der Waals surface area contributed by atoms with Crippen LogP contribution in [0.2, 0.25) is 0 Å². The Morgan fingerprint density at radius 1 is 1.34 bits per heavy atom. The summed E-state index contributed by atoms with van der Waals surface area (Å²) in [6, 6.07) is 7.16. The van der Waals surface area contributed by atoms with Crippen LogP contribution in [0.3, 0.4) is 0 Å². The number of nitrogens with zero attached hydrogens (tertiary/aromatic N) is 4. The van der Waals surface area contributed by atoms with Gasteiger partial charge in [0.2, 0.25) is 5.91 Å². The maximum absolute atomic E-state index is 14.9. The van der Waals surface area contributed by atoms with Crippen molar-refractivity contribution in [2.75, 3.05) is 30.9 Å². The summed E-state index contributed by atoms with van der Waals surface area (Å²) in [5.74, 6) is -0.899. The third-order valence-corrected chi connectivity index (χ3v) is 6.14. The van der Waals surface area contributed by atoms with Gasteiger partial charge in [0, 0.05) is 32.4 Å². The van der Waals surface area contributed by atoms with Gasteiger partial charge in [-0.25, -0.2) is 4.39 Å². The second-order valence-corrected chi connectivity index (χ2v) is 10.5. The molecule has 3 heterocycles. The number of aromatic nitrogens is 3. The molecule has 0 aliphatic carbocycles. The number of hydrogen-bond acceptors (Lipinski definition) is 7. The molecule has 0 radical (unpaired) electrons. The van der Waals surface area contributed by atoms with Crippen LogP contribution < -0.4 is 15.0 Å². The van der Waals surface area contributed by atoms with Crippen molar-refractivity contribution >= 4 is 17.4 Å². The minimum absolute atomic E-state index is 0.0174. The Hall–Kier alpha value is -3.57. The first-order valence-electron chi connectivity index (χ1n) is 12.6. The van der Waals surface area contributed by atoms with Crippen molar-refractivity contribution in [2.45, 2.75) is 58.6 Å². The second-order valence-electron chi connectivity index (χ2n) is 10.5. The van der Waals surface area contributed by atoms with Gasteiger partial charge in [-0.05, 0) is 38.3 Å². The van der Waals surface area contributed by atoms with Crippen LogP contribution in [0.4, 0.5) is 15.9 Å². The standard InChI is InChI=1S/C27H36FN5O5/c1-17(2)12-21(26(35)29-23-10-11-32(30-23)14-19-16-36-27(3,4)38-19)33-15-18(13-24(33)34)37-22-9-7-8-20(25(22)28)31(5)6/h7-11,13,15,17,19,21,34H,12,14,16H2,1-6H3,(H,29,30,35)/t19-,21+/m1/s1. The molecule has 1 saturated heterocycles. The molecule has 2 aromatic heterocycles. The molecule has 0 bridgehead atoms. The molecule has 1 aromatic carbocycles. The lowest BCUT2D eigenvalue weighted by molar-refractivity contribution is -0.139. The average Bonchev–Trinajstić information content (AvgIpc) is 3.51. The Labute approximate surface area is 221 Å². The number of rotatable bonds is 10. The Balaban J connectivity index is 1.48. The summed E-state index contributed by atoms with van der Waals surface area (Å²) in [7, 11) is 3.47. The van der Waals surface area contributed by atoms with Gasteiger partial charge in [0.1, 0.15) is 17.9 Å². The highest BCUT2D eigenvalue weighted by atomic mass is 19.1. The van der Waals surface area contributed by atoms with Gasteiger partial charge in [-0.1, -0.05) is 19.9 Å². The first-order valence-corrected chi connectivity index (χ1v) is 12.6. The van der Waals surface area contributed by atoms with Gasteiger partial charge >= 0.3 is 0 Å². The predicted molar refractivity (Wildman–Crippen MR) is 141 cm³/mol. The molecule has 0 spiro atoms. The highest BCUT2D eigenvalue weighted by Gasteiger charge is 2.33. The van der Waals surface area contributed by atoms with Crippen LogP contribution in [-0.2, 0) is 20.8 Å². The van der Waals surface area contributed by atoms with E-state index in [0.717, 1.165) is 0 Å². The fourth-order valence-electron chi connectivity index (χ4n) is 4.39. The van der Waals surface area contributed by atoms with Gasteiger partial charge in [-0.3, -0.25) is 9.48 Å². The van der Waals surface area contributed by atoms with Crippen molar-refractivity contribution in [1.29, 1.82) is 0 Å². The maximum Gasteiger partial charge on any atom is 0.248 e. The number of halogens is 1. The lowest BCUT2D eigenvalue weighted by Gasteiger charge is -2.20. The van der Waals surface area contributed by atoms with E-state index in [-0.39, 0.29) is 35.3 Å². The van der Waals surface area contributed by atoms with Crippen LogP contribution in [-0.4, -0.2) is 58.0 Å². The molecule has 2 N–H and O–H groups in total. The Bertz CT molecular complexity index is 1270. The normalized spacial score (nSPS) is 17.5. The summed E-state index contributed by atoms with van der Waals surface area (Å²) in [5.41, 5.74) is 0.374. The number of carbonyl (C=O) groups excluding carboxylic acids is 1. The number of benzene rings is 1. The number of nitrogens with one attached hydrogen (secondary N) is 1. The van der Waals surface area contributed by atoms with Crippen LogP contribution >= 0.6 is 0 Å². The topological polar surface area (TPSA) is 103 Å². The summed E-state index contributed by atoms with van der Waals surface area (Å²) >= 11 is 0. The fraction of sp³-hybridized carbons (Fsp3) is 0.481. The second kappa shape index (κ2) is 11.0. The first kappa shape index (κ1) is 27.5. The molecule has 10 nitrogen and oxygen atoms in total. The Morgan fingerprint density at radius 3 is 2.76 bits per heavy atom. The summed E-state index contributed by atoms with van der Waals surface area (Å²) in [6.07, 6.45) is 3.57. The molecule has 206 valence electrons. The highest BCUT2D eigenvalue weighted by molar-refractivity contribution is 5.93. The largest absolute Gasteiger partial charge is 0.494 e. The van der Waals surface area contributed by atoms with Gasteiger partial charge in [-0.2, -0.15) is 5.10 Å². The number of ether oxygens (including phenoxy) is 3. The molecular weight excluding hydrogens is 493 g/mol. The molecule has 0 saturated carbocycles. The predicted octanol–water partition coefficient (Wildman–Crippen LogP) is 4.77. The molecule has 1 amide bonds. The van der Waals surface area contributed by atoms with E-state index in [1.165, 1.54) is 22.9 Å².